The molecule has 4 aliphatic rings. The first kappa shape index (κ1) is 6.70. The van der Waals surface area contributed by atoms with Crippen molar-refractivity contribution in [3.8, 4) is 0 Å². The standard InChI is InChI=1S/C10H12O2/c11-10-9-7-3-1-2-6(12-10)4-5-8(7)9/h1-2,6-9H,3-5H2/b2-1-/t6-,7+,8-,9+/m0/s1. The highest BCUT2D eigenvalue weighted by atomic mass is 16.5. The Kier molecular flexibility index (Phi) is 1.18. The molecule has 4 atom stereocenters. The first-order chi connectivity index (χ1) is 5.86. The number of fused-ring (bicyclic) bond motifs is 3. The van der Waals surface area contributed by atoms with Crippen LogP contribution in [0.1, 0.15) is 19.3 Å². The molecular weight excluding hydrogens is 152 g/mol. The minimum Gasteiger partial charge on any atom is -0.458 e. The van der Waals surface area contributed by atoms with Crippen molar-refractivity contribution >= 4 is 5.97 Å². The number of hydrogen-bond acceptors (Lipinski definition) is 2. The Balaban J connectivity index is 1.98. The molecule has 1 saturated heterocycles. The van der Waals surface area contributed by atoms with Crippen molar-refractivity contribution in [2.45, 2.75) is 25.4 Å². The van der Waals surface area contributed by atoms with Gasteiger partial charge in [-0.15, -0.1) is 0 Å². The summed E-state index contributed by atoms with van der Waals surface area (Å²) in [5, 5.41) is 0. The molecule has 2 aliphatic heterocycles. The van der Waals surface area contributed by atoms with Gasteiger partial charge in [-0.05, 0) is 37.2 Å². The van der Waals surface area contributed by atoms with Crippen LogP contribution in [-0.2, 0) is 9.53 Å². The average Bonchev–Trinajstić information content (AvgIpc) is 2.66. The molecule has 0 radical (unpaired) electrons. The van der Waals surface area contributed by atoms with Gasteiger partial charge < -0.3 is 4.74 Å². The Hall–Kier alpha value is -0.790. The monoisotopic (exact) mass is 164 g/mol. The zero-order valence-electron chi connectivity index (χ0n) is 6.90. The zero-order chi connectivity index (χ0) is 8.13. The largest absolute Gasteiger partial charge is 0.458 e. The van der Waals surface area contributed by atoms with E-state index in [1.807, 2.05) is 0 Å². The van der Waals surface area contributed by atoms with E-state index in [-0.39, 0.29) is 18.0 Å². The lowest BCUT2D eigenvalue weighted by Crippen LogP contribution is -2.17. The highest BCUT2D eigenvalue weighted by Gasteiger charge is 2.56. The summed E-state index contributed by atoms with van der Waals surface area (Å²) in [7, 11) is 0. The first-order valence-electron chi connectivity index (χ1n) is 4.73. The lowest BCUT2D eigenvalue weighted by molar-refractivity contribution is -0.148. The van der Waals surface area contributed by atoms with E-state index in [4.69, 9.17) is 4.74 Å². The molecule has 0 N–H and O–H groups in total. The lowest BCUT2D eigenvalue weighted by Gasteiger charge is -2.14. The van der Waals surface area contributed by atoms with Gasteiger partial charge in [-0.1, -0.05) is 6.08 Å². The highest BCUT2D eigenvalue weighted by molar-refractivity contribution is 5.77. The molecule has 2 heterocycles. The molecular formula is C10H12O2. The van der Waals surface area contributed by atoms with Gasteiger partial charge in [-0.3, -0.25) is 4.79 Å². The SMILES string of the molecule is O=C1O[C@H]2/C=C\C[C@@H]3[C@H](CC2)[C@H]13. The van der Waals surface area contributed by atoms with Crippen molar-refractivity contribution in [2.75, 3.05) is 0 Å². The van der Waals surface area contributed by atoms with Gasteiger partial charge in [0.05, 0.1) is 5.92 Å². The second kappa shape index (κ2) is 2.12. The number of rotatable bonds is 0. The molecule has 0 unspecified atom stereocenters. The molecule has 4 rings (SSSR count). The second-order valence-corrected chi connectivity index (χ2v) is 4.07. The minimum atomic E-state index is 0.0665. The molecule has 0 amide bonds. The third-order valence-corrected chi connectivity index (χ3v) is 3.41. The fourth-order valence-electron chi connectivity index (χ4n) is 2.68. The number of hydrogen-bond donors (Lipinski definition) is 0. The molecule has 0 aromatic heterocycles. The van der Waals surface area contributed by atoms with Crippen LogP contribution >= 0.6 is 0 Å². The van der Waals surface area contributed by atoms with E-state index in [2.05, 4.69) is 12.2 Å². The van der Waals surface area contributed by atoms with Crippen LogP contribution in [-0.4, -0.2) is 12.1 Å². The van der Waals surface area contributed by atoms with Crippen LogP contribution < -0.4 is 0 Å². The lowest BCUT2D eigenvalue weighted by atomic mass is 10.0. The Morgan fingerprint density at radius 1 is 1.33 bits per heavy atom. The van der Waals surface area contributed by atoms with Crippen molar-refractivity contribution in [3.63, 3.8) is 0 Å². The van der Waals surface area contributed by atoms with Crippen molar-refractivity contribution in [1.82, 2.24) is 0 Å². The van der Waals surface area contributed by atoms with Crippen molar-refractivity contribution in [1.29, 1.82) is 0 Å². The van der Waals surface area contributed by atoms with Crippen LogP contribution in [0.3, 0.4) is 0 Å². The fraction of sp³-hybridized carbons (Fsp3) is 0.700. The third kappa shape index (κ3) is 0.780. The van der Waals surface area contributed by atoms with Gasteiger partial charge in [0.1, 0.15) is 6.10 Å². The summed E-state index contributed by atoms with van der Waals surface area (Å²) >= 11 is 0. The molecule has 2 fully saturated rings. The molecule has 64 valence electrons. The zero-order valence-corrected chi connectivity index (χ0v) is 6.90. The maximum atomic E-state index is 11.4. The summed E-state index contributed by atoms with van der Waals surface area (Å²) in [6.07, 6.45) is 7.67. The fourth-order valence-corrected chi connectivity index (χ4v) is 2.68. The van der Waals surface area contributed by atoms with Gasteiger partial charge >= 0.3 is 5.97 Å². The number of ether oxygens (including phenoxy) is 1. The molecule has 12 heavy (non-hydrogen) atoms. The second-order valence-electron chi connectivity index (χ2n) is 4.07. The van der Waals surface area contributed by atoms with Crippen molar-refractivity contribution < 1.29 is 9.53 Å². The van der Waals surface area contributed by atoms with Gasteiger partial charge in [0, 0.05) is 0 Å². The highest BCUT2D eigenvalue weighted by Crippen LogP contribution is 2.55. The molecule has 0 aromatic rings. The van der Waals surface area contributed by atoms with E-state index in [1.54, 1.807) is 0 Å². The van der Waals surface area contributed by atoms with Gasteiger partial charge in [-0.25, -0.2) is 0 Å². The Labute approximate surface area is 71.6 Å². The molecule has 0 aromatic carbocycles. The quantitative estimate of drug-likeness (QED) is 0.400. The summed E-state index contributed by atoms with van der Waals surface area (Å²) in [5.41, 5.74) is 0. The number of esters is 1. The first-order valence-corrected chi connectivity index (χ1v) is 4.73. The number of carbonyl (C=O) groups is 1. The van der Waals surface area contributed by atoms with Gasteiger partial charge in [0.15, 0.2) is 0 Å². The smallest absolute Gasteiger partial charge is 0.310 e. The summed E-state index contributed by atoms with van der Waals surface area (Å²) in [6.45, 7) is 0. The number of allylic oxidation sites excluding steroid dienone is 1. The Bertz CT molecular complexity index is 257. The van der Waals surface area contributed by atoms with E-state index in [1.165, 1.54) is 6.42 Å². The Morgan fingerprint density at radius 3 is 3.17 bits per heavy atom. The van der Waals surface area contributed by atoms with E-state index in [9.17, 15) is 4.79 Å². The van der Waals surface area contributed by atoms with Crippen LogP contribution in [0, 0.1) is 17.8 Å². The molecule has 4 bridgehead atoms. The van der Waals surface area contributed by atoms with E-state index in [0.29, 0.717) is 11.8 Å². The van der Waals surface area contributed by atoms with Gasteiger partial charge in [-0.2, -0.15) is 0 Å². The van der Waals surface area contributed by atoms with Crippen LogP contribution in [0.15, 0.2) is 12.2 Å². The third-order valence-electron chi connectivity index (χ3n) is 3.41. The van der Waals surface area contributed by atoms with Crippen LogP contribution in [0.5, 0.6) is 0 Å². The van der Waals surface area contributed by atoms with Gasteiger partial charge in [0.25, 0.3) is 0 Å². The average molecular weight is 164 g/mol. The molecule has 2 nitrogen and oxygen atoms in total. The summed E-state index contributed by atoms with van der Waals surface area (Å²) < 4.78 is 5.31. The van der Waals surface area contributed by atoms with E-state index in [0.717, 1.165) is 12.8 Å². The van der Waals surface area contributed by atoms with Crippen LogP contribution in [0.2, 0.25) is 0 Å². The summed E-state index contributed by atoms with van der Waals surface area (Å²) in [4.78, 5) is 11.4. The van der Waals surface area contributed by atoms with Crippen LogP contribution in [0.25, 0.3) is 0 Å². The molecule has 2 aliphatic carbocycles. The summed E-state index contributed by atoms with van der Waals surface area (Å²) in [5.74, 6) is 1.61. The molecule has 0 spiro atoms. The van der Waals surface area contributed by atoms with E-state index < -0.39 is 0 Å². The number of carbonyl (C=O) groups excluding carboxylic acids is 1. The van der Waals surface area contributed by atoms with Gasteiger partial charge in [0.2, 0.25) is 0 Å². The van der Waals surface area contributed by atoms with Crippen LogP contribution in [0.4, 0.5) is 0 Å². The van der Waals surface area contributed by atoms with E-state index >= 15 is 0 Å². The normalized spacial score (nSPS) is 51.8. The molecule has 1 saturated carbocycles. The topological polar surface area (TPSA) is 26.3 Å². The molecule has 2 heteroatoms. The van der Waals surface area contributed by atoms with Crippen molar-refractivity contribution in [2.24, 2.45) is 17.8 Å². The predicted octanol–water partition coefficient (Wildman–Crippen LogP) is 1.51. The maximum Gasteiger partial charge on any atom is 0.310 e. The Morgan fingerprint density at radius 2 is 2.25 bits per heavy atom. The minimum absolute atomic E-state index is 0.0665. The van der Waals surface area contributed by atoms with Crippen molar-refractivity contribution in [3.05, 3.63) is 12.2 Å². The maximum absolute atomic E-state index is 11.4. The summed E-state index contributed by atoms with van der Waals surface area (Å²) in [6, 6.07) is 0. The predicted molar refractivity (Wildman–Crippen MR) is 43.3 cm³/mol.